The number of ether oxygens (including phenoxy) is 4. The number of carbonyl (C=O) groups is 2. The SMILES string of the molecule is O=C(/C=C/C1C(c2ccc3c(c2)OCO3)C(/C=C/C(=O)N2CCCCC2)C1c1ccc2c(c1)OCO2)N1CCCCC1. The van der Waals surface area contributed by atoms with Gasteiger partial charge in [-0.3, -0.25) is 9.59 Å². The van der Waals surface area contributed by atoms with Crippen LogP contribution in [0.25, 0.3) is 0 Å². The van der Waals surface area contributed by atoms with E-state index in [-0.39, 0.29) is 49.1 Å². The number of piperidine rings is 2. The molecular formula is C34H38N2O6. The Morgan fingerprint density at radius 3 is 1.40 bits per heavy atom. The van der Waals surface area contributed by atoms with Crippen LogP contribution in [0.3, 0.4) is 0 Å². The summed E-state index contributed by atoms with van der Waals surface area (Å²) in [4.78, 5) is 30.3. The van der Waals surface area contributed by atoms with Crippen LogP contribution in [-0.4, -0.2) is 61.4 Å². The van der Waals surface area contributed by atoms with Crippen molar-refractivity contribution in [1.82, 2.24) is 9.80 Å². The number of carbonyl (C=O) groups excluding carboxylic acids is 2. The lowest BCUT2D eigenvalue weighted by atomic mass is 9.52. The van der Waals surface area contributed by atoms with Crippen LogP contribution in [0.5, 0.6) is 23.0 Å². The fourth-order valence-corrected chi connectivity index (χ4v) is 7.25. The number of hydrogen-bond acceptors (Lipinski definition) is 6. The van der Waals surface area contributed by atoms with E-state index in [4.69, 9.17) is 18.9 Å². The van der Waals surface area contributed by atoms with Gasteiger partial charge in [-0.2, -0.15) is 0 Å². The number of amides is 2. The number of likely N-dealkylation sites (tertiary alicyclic amines) is 2. The Morgan fingerprint density at radius 1 is 0.571 bits per heavy atom. The fraction of sp³-hybridized carbons (Fsp3) is 0.471. The van der Waals surface area contributed by atoms with Gasteiger partial charge in [0.2, 0.25) is 25.4 Å². The Balaban J connectivity index is 1.24. The number of hydrogen-bond donors (Lipinski definition) is 0. The molecule has 0 radical (unpaired) electrons. The first-order chi connectivity index (χ1) is 20.7. The highest BCUT2D eigenvalue weighted by atomic mass is 16.7. The van der Waals surface area contributed by atoms with Crippen LogP contribution in [0, 0.1) is 11.8 Å². The lowest BCUT2D eigenvalue weighted by Crippen LogP contribution is -2.42. The molecule has 2 saturated heterocycles. The van der Waals surface area contributed by atoms with Gasteiger partial charge in [0.25, 0.3) is 0 Å². The fourth-order valence-electron chi connectivity index (χ4n) is 7.25. The highest BCUT2D eigenvalue weighted by Gasteiger charge is 2.50. The van der Waals surface area contributed by atoms with Crippen molar-refractivity contribution in [3.8, 4) is 23.0 Å². The van der Waals surface area contributed by atoms with Crippen molar-refractivity contribution in [3.05, 3.63) is 71.8 Å². The molecule has 4 aliphatic heterocycles. The number of rotatable bonds is 6. The van der Waals surface area contributed by atoms with Crippen molar-refractivity contribution in [3.63, 3.8) is 0 Å². The van der Waals surface area contributed by atoms with Crippen molar-refractivity contribution in [2.75, 3.05) is 39.8 Å². The Morgan fingerprint density at radius 2 is 0.976 bits per heavy atom. The van der Waals surface area contributed by atoms with Crippen LogP contribution in [0.15, 0.2) is 60.7 Å². The monoisotopic (exact) mass is 570 g/mol. The number of fused-ring (bicyclic) bond motifs is 2. The van der Waals surface area contributed by atoms with E-state index in [1.54, 1.807) is 12.2 Å². The quantitative estimate of drug-likeness (QED) is 0.433. The molecule has 2 aromatic carbocycles. The average Bonchev–Trinajstić information content (AvgIpc) is 3.70. The Labute approximate surface area is 246 Å². The molecule has 0 aromatic heterocycles. The van der Waals surface area contributed by atoms with E-state index >= 15 is 0 Å². The molecule has 1 saturated carbocycles. The third-order valence-electron chi connectivity index (χ3n) is 9.48. The Hall–Kier alpha value is -3.94. The highest BCUT2D eigenvalue weighted by molar-refractivity contribution is 5.88. The van der Waals surface area contributed by atoms with Gasteiger partial charge in [0, 0.05) is 26.2 Å². The predicted octanol–water partition coefficient (Wildman–Crippen LogP) is 5.39. The molecule has 0 N–H and O–H groups in total. The van der Waals surface area contributed by atoms with Crippen molar-refractivity contribution in [2.45, 2.75) is 50.4 Å². The number of allylic oxidation sites excluding steroid dienone is 2. The van der Waals surface area contributed by atoms with Crippen molar-refractivity contribution in [1.29, 1.82) is 0 Å². The van der Waals surface area contributed by atoms with Gasteiger partial charge in [0.1, 0.15) is 0 Å². The minimum absolute atomic E-state index is 0.0271. The second kappa shape index (κ2) is 11.7. The Bertz CT molecular complexity index is 1280. The highest BCUT2D eigenvalue weighted by Crippen LogP contribution is 2.60. The molecule has 0 bridgehead atoms. The molecule has 42 heavy (non-hydrogen) atoms. The predicted molar refractivity (Wildman–Crippen MR) is 157 cm³/mol. The topological polar surface area (TPSA) is 77.5 Å². The van der Waals surface area contributed by atoms with Gasteiger partial charge in [-0.25, -0.2) is 0 Å². The van der Waals surface area contributed by atoms with E-state index in [2.05, 4.69) is 36.4 Å². The summed E-state index contributed by atoms with van der Waals surface area (Å²) >= 11 is 0. The average molecular weight is 571 g/mol. The zero-order valence-electron chi connectivity index (χ0n) is 23.9. The zero-order valence-corrected chi connectivity index (χ0v) is 23.9. The summed E-state index contributed by atoms with van der Waals surface area (Å²) in [5.41, 5.74) is 2.22. The second-order valence-corrected chi connectivity index (χ2v) is 11.9. The molecule has 5 aliphatic rings. The van der Waals surface area contributed by atoms with E-state index in [1.807, 2.05) is 21.9 Å². The third kappa shape index (κ3) is 5.23. The molecule has 7 rings (SSSR count). The largest absolute Gasteiger partial charge is 0.454 e. The van der Waals surface area contributed by atoms with Gasteiger partial charge in [-0.15, -0.1) is 0 Å². The first kappa shape index (κ1) is 26.9. The van der Waals surface area contributed by atoms with Crippen LogP contribution in [-0.2, 0) is 9.59 Å². The van der Waals surface area contributed by atoms with Gasteiger partial charge >= 0.3 is 0 Å². The standard InChI is InChI=1S/C34H38N2O6/c37-31(35-15-3-1-4-16-35)13-9-25-33(23-7-11-27-29(19-23)41-21-39-27)26(10-14-32(38)36-17-5-2-6-18-36)34(25)24-8-12-28-30(20-24)42-22-40-28/h7-14,19-20,25-26,33-34H,1-6,15-18,21-22H2/b13-9+,14-10+. The summed E-state index contributed by atoms with van der Waals surface area (Å²) in [6.45, 7) is 3.68. The molecule has 8 heteroatoms. The summed E-state index contributed by atoms with van der Waals surface area (Å²) in [6.07, 6.45) is 14.3. The smallest absolute Gasteiger partial charge is 0.246 e. The lowest BCUT2D eigenvalue weighted by molar-refractivity contribution is -0.127. The minimum atomic E-state index is 0.0271. The Kier molecular flexibility index (Phi) is 7.53. The normalized spacial score (nSPS) is 26.6. The van der Waals surface area contributed by atoms with Crippen LogP contribution in [0.4, 0.5) is 0 Å². The third-order valence-corrected chi connectivity index (χ3v) is 9.48. The van der Waals surface area contributed by atoms with Crippen molar-refractivity contribution >= 4 is 11.8 Å². The number of nitrogens with zero attached hydrogens (tertiary/aromatic N) is 2. The first-order valence-corrected chi connectivity index (χ1v) is 15.4. The second-order valence-electron chi connectivity index (χ2n) is 11.9. The lowest BCUT2D eigenvalue weighted by Gasteiger charge is -2.51. The molecule has 0 unspecified atom stereocenters. The maximum Gasteiger partial charge on any atom is 0.246 e. The first-order valence-electron chi connectivity index (χ1n) is 15.4. The zero-order chi connectivity index (χ0) is 28.5. The van der Waals surface area contributed by atoms with E-state index in [1.165, 1.54) is 12.8 Å². The summed E-state index contributed by atoms with van der Waals surface area (Å²) < 4.78 is 22.6. The molecule has 3 fully saturated rings. The van der Waals surface area contributed by atoms with Crippen LogP contribution in [0.1, 0.15) is 61.5 Å². The molecule has 4 heterocycles. The van der Waals surface area contributed by atoms with Gasteiger partial charge in [0.15, 0.2) is 23.0 Å². The summed E-state index contributed by atoms with van der Waals surface area (Å²) in [7, 11) is 0. The maximum absolute atomic E-state index is 13.2. The van der Waals surface area contributed by atoms with Crippen molar-refractivity contribution < 1.29 is 28.5 Å². The van der Waals surface area contributed by atoms with E-state index in [0.717, 1.165) is 86.0 Å². The summed E-state index contributed by atoms with van der Waals surface area (Å²) in [5, 5.41) is 0. The van der Waals surface area contributed by atoms with Gasteiger partial charge in [-0.1, -0.05) is 24.3 Å². The minimum Gasteiger partial charge on any atom is -0.454 e. The van der Waals surface area contributed by atoms with Gasteiger partial charge in [0.05, 0.1) is 0 Å². The summed E-state index contributed by atoms with van der Waals surface area (Å²) in [5.74, 6) is 3.24. The van der Waals surface area contributed by atoms with E-state index in [0.29, 0.717) is 0 Å². The number of benzene rings is 2. The molecule has 1 aliphatic carbocycles. The van der Waals surface area contributed by atoms with Crippen LogP contribution >= 0.6 is 0 Å². The van der Waals surface area contributed by atoms with E-state index in [9.17, 15) is 9.59 Å². The van der Waals surface area contributed by atoms with E-state index < -0.39 is 0 Å². The van der Waals surface area contributed by atoms with Gasteiger partial charge in [-0.05, 0) is 110 Å². The molecule has 0 spiro atoms. The molecule has 220 valence electrons. The van der Waals surface area contributed by atoms with Crippen molar-refractivity contribution in [2.24, 2.45) is 11.8 Å². The van der Waals surface area contributed by atoms with Gasteiger partial charge < -0.3 is 28.7 Å². The molecule has 2 amide bonds. The van der Waals surface area contributed by atoms with Crippen LogP contribution < -0.4 is 18.9 Å². The molecular weight excluding hydrogens is 532 g/mol. The van der Waals surface area contributed by atoms with Crippen LogP contribution in [0.2, 0.25) is 0 Å². The molecule has 0 atom stereocenters. The molecule has 8 nitrogen and oxygen atoms in total. The maximum atomic E-state index is 13.2. The molecule has 2 aromatic rings. The summed E-state index contributed by atoms with van der Waals surface area (Å²) in [6, 6.07) is 12.2.